The molecule has 3 unspecified atom stereocenters. The highest BCUT2D eigenvalue weighted by Gasteiger charge is 2.52. The third-order valence-corrected chi connectivity index (χ3v) is 4.25. The van der Waals surface area contributed by atoms with E-state index in [1.165, 1.54) is 12.8 Å². The van der Waals surface area contributed by atoms with Gasteiger partial charge in [0.2, 0.25) is 0 Å². The Morgan fingerprint density at radius 2 is 1.82 bits per heavy atom. The minimum Gasteiger partial charge on any atom is -0.390 e. The van der Waals surface area contributed by atoms with Gasteiger partial charge in [-0.3, -0.25) is 0 Å². The van der Waals surface area contributed by atoms with E-state index in [0.29, 0.717) is 5.92 Å². The first-order valence-corrected chi connectivity index (χ1v) is 6.68. The predicted octanol–water partition coefficient (Wildman–Crippen LogP) is 2.37. The summed E-state index contributed by atoms with van der Waals surface area (Å²) >= 11 is 0. The predicted molar refractivity (Wildman–Crippen MR) is 66.9 cm³/mol. The smallest absolute Gasteiger partial charge is 0.0862 e. The lowest BCUT2D eigenvalue weighted by molar-refractivity contribution is -0.112. The molecule has 1 saturated carbocycles. The van der Waals surface area contributed by atoms with Crippen molar-refractivity contribution in [2.75, 3.05) is 7.11 Å². The summed E-state index contributed by atoms with van der Waals surface area (Å²) in [7, 11) is 1.71. The van der Waals surface area contributed by atoms with Crippen LogP contribution in [-0.2, 0) is 9.47 Å². The Bertz CT molecular complexity index is 281. The molecule has 2 aliphatic rings. The van der Waals surface area contributed by atoms with E-state index in [4.69, 9.17) is 9.47 Å². The molecule has 0 radical (unpaired) electrons. The molecular formula is C14H26O3. The summed E-state index contributed by atoms with van der Waals surface area (Å²) in [6, 6.07) is 0. The fourth-order valence-electron chi connectivity index (χ4n) is 3.40. The van der Waals surface area contributed by atoms with Crippen LogP contribution in [-0.4, -0.2) is 35.6 Å². The van der Waals surface area contributed by atoms with E-state index < -0.39 is 6.10 Å². The van der Waals surface area contributed by atoms with Gasteiger partial charge in [0.1, 0.15) is 0 Å². The normalized spacial score (nSPS) is 34.6. The monoisotopic (exact) mass is 242 g/mol. The molecule has 0 aromatic rings. The van der Waals surface area contributed by atoms with Crippen molar-refractivity contribution in [1.82, 2.24) is 0 Å². The molecule has 1 aliphatic carbocycles. The van der Waals surface area contributed by atoms with Crippen molar-refractivity contribution in [2.24, 2.45) is 11.8 Å². The molecule has 3 atom stereocenters. The Hall–Kier alpha value is -0.120. The minimum atomic E-state index is -0.413. The van der Waals surface area contributed by atoms with Crippen LogP contribution >= 0.6 is 0 Å². The van der Waals surface area contributed by atoms with Crippen LogP contribution in [0.1, 0.15) is 47.0 Å². The number of aliphatic hydroxyl groups excluding tert-OH is 1. The lowest BCUT2D eigenvalue weighted by atomic mass is 9.80. The van der Waals surface area contributed by atoms with Gasteiger partial charge < -0.3 is 14.6 Å². The Morgan fingerprint density at radius 1 is 1.24 bits per heavy atom. The zero-order chi connectivity index (χ0) is 12.8. The second kappa shape index (κ2) is 4.22. The Kier molecular flexibility index (Phi) is 3.30. The number of methoxy groups -OCH3 is 1. The van der Waals surface area contributed by atoms with Crippen molar-refractivity contribution in [3.05, 3.63) is 0 Å². The number of rotatable bonds is 4. The van der Waals surface area contributed by atoms with Gasteiger partial charge in [0.05, 0.1) is 23.4 Å². The minimum absolute atomic E-state index is 0.0169. The molecule has 0 bridgehead atoms. The van der Waals surface area contributed by atoms with Crippen molar-refractivity contribution >= 4 is 0 Å². The second-order valence-corrected chi connectivity index (χ2v) is 6.80. The molecule has 3 nitrogen and oxygen atoms in total. The molecule has 3 heteroatoms. The third kappa shape index (κ3) is 2.67. The summed E-state index contributed by atoms with van der Waals surface area (Å²) in [5, 5.41) is 10.6. The molecule has 2 fully saturated rings. The number of ether oxygens (including phenoxy) is 2. The van der Waals surface area contributed by atoms with Gasteiger partial charge in [0.15, 0.2) is 0 Å². The quantitative estimate of drug-likeness (QED) is 0.822. The van der Waals surface area contributed by atoms with Gasteiger partial charge in [0, 0.05) is 13.0 Å². The average Bonchev–Trinajstić information content (AvgIpc) is 2.94. The van der Waals surface area contributed by atoms with Crippen LogP contribution < -0.4 is 0 Å². The summed E-state index contributed by atoms with van der Waals surface area (Å²) in [4.78, 5) is 0. The van der Waals surface area contributed by atoms with Crippen molar-refractivity contribution in [3.63, 3.8) is 0 Å². The molecule has 0 aromatic carbocycles. The van der Waals surface area contributed by atoms with E-state index in [1.54, 1.807) is 7.11 Å². The molecule has 1 aliphatic heterocycles. The molecule has 0 spiro atoms. The summed E-state index contributed by atoms with van der Waals surface area (Å²) in [5.41, 5.74) is -0.411. The van der Waals surface area contributed by atoms with Crippen LogP contribution in [0.4, 0.5) is 0 Å². The highest BCUT2D eigenvalue weighted by Crippen LogP contribution is 2.47. The van der Waals surface area contributed by atoms with E-state index in [2.05, 4.69) is 27.7 Å². The largest absolute Gasteiger partial charge is 0.390 e. The summed E-state index contributed by atoms with van der Waals surface area (Å²) < 4.78 is 11.6. The van der Waals surface area contributed by atoms with Crippen molar-refractivity contribution in [1.29, 1.82) is 0 Å². The lowest BCUT2D eigenvalue weighted by Gasteiger charge is -2.33. The topological polar surface area (TPSA) is 38.7 Å². The summed E-state index contributed by atoms with van der Waals surface area (Å²) in [5.74, 6) is 0.706. The Balaban J connectivity index is 2.10. The van der Waals surface area contributed by atoms with Gasteiger partial charge >= 0.3 is 0 Å². The van der Waals surface area contributed by atoms with Gasteiger partial charge in [-0.2, -0.15) is 0 Å². The van der Waals surface area contributed by atoms with E-state index in [9.17, 15) is 5.11 Å². The first-order chi connectivity index (χ1) is 7.77. The van der Waals surface area contributed by atoms with Crippen LogP contribution in [0.2, 0.25) is 0 Å². The van der Waals surface area contributed by atoms with Crippen LogP contribution in [0.5, 0.6) is 0 Å². The number of hydrogen-bond acceptors (Lipinski definition) is 3. The fourth-order valence-corrected chi connectivity index (χ4v) is 3.40. The molecule has 100 valence electrons. The maximum absolute atomic E-state index is 10.6. The molecule has 0 aromatic heterocycles. The molecule has 2 rings (SSSR count). The summed E-state index contributed by atoms with van der Waals surface area (Å²) in [6.45, 7) is 8.35. The maximum atomic E-state index is 10.6. The van der Waals surface area contributed by atoms with E-state index in [0.717, 1.165) is 6.42 Å². The molecule has 1 N–H and O–H groups in total. The third-order valence-electron chi connectivity index (χ3n) is 4.25. The van der Waals surface area contributed by atoms with Gasteiger partial charge in [0.25, 0.3) is 0 Å². The number of aliphatic hydroxyl groups is 1. The second-order valence-electron chi connectivity index (χ2n) is 6.80. The molecule has 1 saturated heterocycles. The van der Waals surface area contributed by atoms with E-state index in [1.807, 2.05) is 0 Å². The Labute approximate surface area is 104 Å². The lowest BCUT2D eigenvalue weighted by Crippen LogP contribution is -2.44. The Morgan fingerprint density at radius 3 is 2.18 bits per heavy atom. The van der Waals surface area contributed by atoms with Gasteiger partial charge in [-0.1, -0.05) is 0 Å². The van der Waals surface area contributed by atoms with Crippen LogP contribution in [0.3, 0.4) is 0 Å². The van der Waals surface area contributed by atoms with Crippen LogP contribution in [0, 0.1) is 11.8 Å². The average molecular weight is 242 g/mol. The van der Waals surface area contributed by atoms with Gasteiger partial charge in [-0.15, -0.1) is 0 Å². The SMILES string of the molecule is COC(C1CC1)C(O)C1CC(C)(C)OC1(C)C. The zero-order valence-corrected chi connectivity index (χ0v) is 11.7. The maximum Gasteiger partial charge on any atom is 0.0862 e. The molecular weight excluding hydrogens is 216 g/mol. The molecule has 17 heavy (non-hydrogen) atoms. The highest BCUT2D eigenvalue weighted by molar-refractivity contribution is 5.01. The highest BCUT2D eigenvalue weighted by atomic mass is 16.5. The number of hydrogen-bond donors (Lipinski definition) is 1. The molecule has 0 amide bonds. The first-order valence-electron chi connectivity index (χ1n) is 6.68. The van der Waals surface area contributed by atoms with Crippen LogP contribution in [0.25, 0.3) is 0 Å². The van der Waals surface area contributed by atoms with Crippen molar-refractivity contribution in [3.8, 4) is 0 Å². The van der Waals surface area contributed by atoms with Gasteiger partial charge in [-0.05, 0) is 52.9 Å². The van der Waals surface area contributed by atoms with Crippen molar-refractivity contribution < 1.29 is 14.6 Å². The fraction of sp³-hybridized carbons (Fsp3) is 1.00. The van der Waals surface area contributed by atoms with E-state index in [-0.39, 0.29) is 23.2 Å². The zero-order valence-electron chi connectivity index (χ0n) is 11.7. The van der Waals surface area contributed by atoms with Crippen LogP contribution in [0.15, 0.2) is 0 Å². The molecule has 1 heterocycles. The van der Waals surface area contributed by atoms with Gasteiger partial charge in [-0.25, -0.2) is 0 Å². The summed E-state index contributed by atoms with van der Waals surface area (Å²) in [6.07, 6.45) is 2.84. The first kappa shape index (κ1) is 13.3. The van der Waals surface area contributed by atoms with E-state index >= 15 is 0 Å². The standard InChI is InChI=1S/C14H26O3/c1-13(2)8-10(14(3,4)17-13)11(15)12(16-5)9-6-7-9/h9-12,15H,6-8H2,1-5H3. The van der Waals surface area contributed by atoms with Crippen molar-refractivity contribution in [2.45, 2.75) is 70.4 Å².